The molecule has 22 heavy (non-hydrogen) atoms. The highest BCUT2D eigenvalue weighted by molar-refractivity contribution is 5.91. The Bertz CT molecular complexity index is 836. The van der Waals surface area contributed by atoms with Gasteiger partial charge in [0, 0.05) is 17.6 Å². The summed E-state index contributed by atoms with van der Waals surface area (Å²) in [7, 11) is 0. The van der Waals surface area contributed by atoms with Crippen LogP contribution < -0.4 is 16.0 Å². The molecule has 2 aromatic heterocycles. The lowest BCUT2D eigenvalue weighted by molar-refractivity contribution is -0.365. The second-order valence-corrected chi connectivity index (χ2v) is 5.05. The largest absolute Gasteiger partial charge is 0.354 e. The number of hydrogen-bond acceptors (Lipinski definition) is 3. The average molecular weight is 293 g/mol. The van der Waals surface area contributed by atoms with Crippen molar-refractivity contribution in [3.8, 4) is 0 Å². The zero-order valence-corrected chi connectivity index (χ0v) is 12.5. The molecular formula is C16H17N6+. The molecule has 0 unspecified atom stereocenters. The summed E-state index contributed by atoms with van der Waals surface area (Å²) in [5.74, 6) is 0.846. The van der Waals surface area contributed by atoms with Gasteiger partial charge >= 0.3 is 5.95 Å². The summed E-state index contributed by atoms with van der Waals surface area (Å²) in [6.45, 7) is 3.83. The third-order valence-corrected chi connectivity index (χ3v) is 3.11. The third-order valence-electron chi connectivity index (χ3n) is 3.11. The van der Waals surface area contributed by atoms with E-state index in [0.717, 1.165) is 28.0 Å². The Morgan fingerprint density at radius 1 is 1.09 bits per heavy atom. The smallest absolute Gasteiger partial charge is 0.322 e. The van der Waals surface area contributed by atoms with Gasteiger partial charge in [-0.3, -0.25) is 10.3 Å². The first-order valence-electron chi connectivity index (χ1n) is 6.94. The van der Waals surface area contributed by atoms with Crippen molar-refractivity contribution in [2.75, 3.05) is 5.32 Å². The Labute approximate surface area is 128 Å². The summed E-state index contributed by atoms with van der Waals surface area (Å²) >= 11 is 0. The molecule has 3 aromatic rings. The number of nitrogens with two attached hydrogens (primary N) is 1. The number of aryl methyl sites for hydroxylation is 2. The Morgan fingerprint density at radius 2 is 1.86 bits per heavy atom. The number of guanidine groups is 1. The molecule has 0 saturated heterocycles. The van der Waals surface area contributed by atoms with Crippen molar-refractivity contribution in [1.29, 1.82) is 0 Å². The van der Waals surface area contributed by atoms with Crippen molar-refractivity contribution < 1.29 is 4.99 Å². The van der Waals surface area contributed by atoms with Gasteiger partial charge in [-0.2, -0.15) is 0 Å². The SMILES string of the molecule is Cc1cc(C)nc([NH+]=C(N)Nc2ccc3ncccc3c2)n1. The molecule has 110 valence electrons. The van der Waals surface area contributed by atoms with Crippen LogP contribution >= 0.6 is 0 Å². The molecule has 0 atom stereocenters. The van der Waals surface area contributed by atoms with E-state index in [4.69, 9.17) is 5.73 Å². The van der Waals surface area contributed by atoms with Crippen LogP contribution in [0.2, 0.25) is 0 Å². The molecule has 0 saturated carbocycles. The molecule has 1 aromatic carbocycles. The minimum Gasteiger partial charge on any atom is -0.322 e. The molecule has 6 nitrogen and oxygen atoms in total. The average Bonchev–Trinajstić information content (AvgIpc) is 2.45. The number of hydrogen-bond donors (Lipinski definition) is 3. The van der Waals surface area contributed by atoms with Crippen molar-refractivity contribution in [2.24, 2.45) is 5.73 Å². The van der Waals surface area contributed by atoms with E-state index in [1.165, 1.54) is 0 Å². The van der Waals surface area contributed by atoms with E-state index >= 15 is 0 Å². The Balaban J connectivity index is 1.85. The minimum absolute atomic E-state index is 0.369. The van der Waals surface area contributed by atoms with E-state index < -0.39 is 0 Å². The fourth-order valence-electron chi connectivity index (χ4n) is 2.24. The number of aromatic nitrogens is 3. The normalized spacial score (nSPS) is 11.6. The first-order valence-corrected chi connectivity index (χ1v) is 6.94. The lowest BCUT2D eigenvalue weighted by Gasteiger charge is -2.03. The molecule has 6 heteroatoms. The van der Waals surface area contributed by atoms with Gasteiger partial charge in [0.15, 0.2) is 0 Å². The number of rotatable bonds is 2. The Hall–Kier alpha value is -3.02. The number of benzene rings is 1. The zero-order valence-electron chi connectivity index (χ0n) is 12.5. The molecule has 0 aliphatic rings. The van der Waals surface area contributed by atoms with Gasteiger partial charge in [0.05, 0.1) is 22.6 Å². The van der Waals surface area contributed by atoms with E-state index in [2.05, 4.69) is 25.3 Å². The maximum absolute atomic E-state index is 5.98. The predicted octanol–water partition coefficient (Wildman–Crippen LogP) is 0.781. The molecule has 2 heterocycles. The van der Waals surface area contributed by atoms with E-state index in [0.29, 0.717) is 11.9 Å². The lowest BCUT2D eigenvalue weighted by Crippen LogP contribution is -2.72. The van der Waals surface area contributed by atoms with Crippen LogP contribution in [0.25, 0.3) is 10.9 Å². The number of fused-ring (bicyclic) bond motifs is 1. The number of pyridine rings is 1. The van der Waals surface area contributed by atoms with Crippen molar-refractivity contribution >= 4 is 28.5 Å². The highest BCUT2D eigenvalue weighted by atomic mass is 15.2. The summed E-state index contributed by atoms with van der Waals surface area (Å²) in [6, 6.07) is 11.7. The van der Waals surface area contributed by atoms with E-state index in [9.17, 15) is 0 Å². The summed E-state index contributed by atoms with van der Waals surface area (Å²) in [4.78, 5) is 15.8. The molecule has 0 radical (unpaired) electrons. The van der Waals surface area contributed by atoms with Gasteiger partial charge < -0.3 is 5.73 Å². The van der Waals surface area contributed by atoms with Gasteiger partial charge in [-0.25, -0.2) is 4.99 Å². The van der Waals surface area contributed by atoms with Crippen molar-refractivity contribution in [1.82, 2.24) is 15.0 Å². The standard InChI is InChI=1S/C16H16N6/c1-10-8-11(2)20-16(19-10)22-15(17)21-13-5-6-14-12(9-13)4-3-7-18-14/h3-9H,1-2H3,(H3,17,19,20,21,22)/p+1. The van der Waals surface area contributed by atoms with Crippen LogP contribution in [0.15, 0.2) is 42.6 Å². The molecular weight excluding hydrogens is 276 g/mol. The van der Waals surface area contributed by atoms with Gasteiger partial charge in [-0.15, -0.1) is 9.97 Å². The highest BCUT2D eigenvalue weighted by Gasteiger charge is 2.06. The quantitative estimate of drug-likeness (QED) is 0.480. The van der Waals surface area contributed by atoms with Crippen LogP contribution in [-0.4, -0.2) is 20.9 Å². The summed E-state index contributed by atoms with van der Waals surface area (Å²) in [5, 5.41) is 4.14. The fourth-order valence-corrected chi connectivity index (χ4v) is 2.24. The minimum atomic E-state index is 0.369. The molecule has 0 spiro atoms. The van der Waals surface area contributed by atoms with Crippen LogP contribution in [-0.2, 0) is 0 Å². The molecule has 3 rings (SSSR count). The summed E-state index contributed by atoms with van der Waals surface area (Å²) < 4.78 is 0. The molecule has 0 aliphatic carbocycles. The second kappa shape index (κ2) is 5.77. The van der Waals surface area contributed by atoms with Gasteiger partial charge in [0.2, 0.25) is 0 Å². The van der Waals surface area contributed by atoms with Crippen molar-refractivity contribution in [3.05, 3.63) is 54.0 Å². The topological polar surface area (TPSA) is 90.7 Å². The summed E-state index contributed by atoms with van der Waals surface area (Å²) in [6.07, 6.45) is 1.77. The Kier molecular flexibility index (Phi) is 3.65. The third kappa shape index (κ3) is 3.17. The molecule has 4 N–H and O–H groups in total. The van der Waals surface area contributed by atoms with E-state index in [-0.39, 0.29) is 0 Å². The number of nitrogens with zero attached hydrogens (tertiary/aromatic N) is 3. The molecule has 0 amide bonds. The second-order valence-electron chi connectivity index (χ2n) is 5.05. The van der Waals surface area contributed by atoms with Gasteiger partial charge in [-0.05, 0) is 38.1 Å². The number of nitrogens with one attached hydrogen (secondary N) is 2. The van der Waals surface area contributed by atoms with Crippen molar-refractivity contribution in [2.45, 2.75) is 13.8 Å². The monoisotopic (exact) mass is 293 g/mol. The van der Waals surface area contributed by atoms with E-state index in [1.54, 1.807) is 6.20 Å². The van der Waals surface area contributed by atoms with Crippen LogP contribution in [0.5, 0.6) is 0 Å². The highest BCUT2D eigenvalue weighted by Crippen LogP contribution is 2.16. The molecule has 0 aliphatic heterocycles. The van der Waals surface area contributed by atoms with Gasteiger partial charge in [0.1, 0.15) is 0 Å². The zero-order chi connectivity index (χ0) is 15.5. The van der Waals surface area contributed by atoms with Crippen LogP contribution in [0.1, 0.15) is 11.4 Å². The maximum Gasteiger partial charge on any atom is 0.354 e. The lowest BCUT2D eigenvalue weighted by atomic mass is 10.2. The van der Waals surface area contributed by atoms with Crippen LogP contribution in [0, 0.1) is 13.8 Å². The number of anilines is 1. The van der Waals surface area contributed by atoms with Crippen molar-refractivity contribution in [3.63, 3.8) is 0 Å². The maximum atomic E-state index is 5.98. The van der Waals surface area contributed by atoms with Crippen LogP contribution in [0.3, 0.4) is 0 Å². The Morgan fingerprint density at radius 3 is 2.64 bits per heavy atom. The fraction of sp³-hybridized carbons (Fsp3) is 0.125. The predicted molar refractivity (Wildman–Crippen MR) is 86.7 cm³/mol. The first kappa shape index (κ1) is 13.9. The van der Waals surface area contributed by atoms with Gasteiger partial charge in [-0.1, -0.05) is 6.07 Å². The molecule has 0 fully saturated rings. The molecule has 0 bridgehead atoms. The van der Waals surface area contributed by atoms with Crippen LogP contribution in [0.4, 0.5) is 11.6 Å². The van der Waals surface area contributed by atoms with E-state index in [1.807, 2.05) is 50.2 Å². The first-order chi connectivity index (χ1) is 10.6. The van der Waals surface area contributed by atoms with Gasteiger partial charge in [0.25, 0.3) is 5.96 Å². The summed E-state index contributed by atoms with van der Waals surface area (Å²) in [5.41, 5.74) is 9.57.